The summed E-state index contributed by atoms with van der Waals surface area (Å²) < 4.78 is 0. The molecule has 4 nitrogen and oxygen atoms in total. The van der Waals surface area contributed by atoms with Gasteiger partial charge in [0.1, 0.15) is 0 Å². The molecule has 1 aliphatic rings. The number of amides is 1. The van der Waals surface area contributed by atoms with Crippen LogP contribution in [0.5, 0.6) is 0 Å². The minimum absolute atomic E-state index is 0.0896. The first kappa shape index (κ1) is 13.1. The molecule has 3 N–H and O–H groups in total. The van der Waals surface area contributed by atoms with Gasteiger partial charge in [0, 0.05) is 45.1 Å². The minimum atomic E-state index is 0.0896. The molecule has 1 aliphatic heterocycles. The molecule has 1 heterocycles. The van der Waals surface area contributed by atoms with E-state index in [0.29, 0.717) is 12.3 Å². The number of hydrogen-bond acceptors (Lipinski definition) is 3. The van der Waals surface area contributed by atoms with E-state index in [1.54, 1.807) is 7.05 Å². The lowest BCUT2D eigenvalue weighted by molar-refractivity contribution is -0.120. The highest BCUT2D eigenvalue weighted by molar-refractivity contribution is 5.75. The topological polar surface area (TPSA) is 58.4 Å². The van der Waals surface area contributed by atoms with Crippen LogP contribution in [0.3, 0.4) is 0 Å². The van der Waals surface area contributed by atoms with Gasteiger partial charge in [-0.2, -0.15) is 0 Å². The zero-order valence-corrected chi connectivity index (χ0v) is 10.8. The highest BCUT2D eigenvalue weighted by Gasteiger charge is 2.30. The van der Waals surface area contributed by atoms with Crippen LogP contribution < -0.4 is 11.1 Å². The van der Waals surface area contributed by atoms with Crippen molar-refractivity contribution in [1.82, 2.24) is 10.2 Å². The molecule has 1 aromatic carbocycles. The average molecular weight is 247 g/mol. The van der Waals surface area contributed by atoms with Crippen LogP contribution in [0, 0.1) is 0 Å². The molecule has 0 bridgehead atoms. The lowest BCUT2D eigenvalue weighted by atomic mass is 9.95. The Balaban J connectivity index is 1.91. The third kappa shape index (κ3) is 3.09. The lowest BCUT2D eigenvalue weighted by Crippen LogP contribution is -2.30. The van der Waals surface area contributed by atoms with Crippen LogP contribution >= 0.6 is 0 Å². The SMILES string of the molecule is CNC(=O)CCN1CC(N)C(c2ccccc2)C1. The van der Waals surface area contributed by atoms with E-state index < -0.39 is 0 Å². The van der Waals surface area contributed by atoms with Crippen molar-refractivity contribution in [2.45, 2.75) is 18.4 Å². The van der Waals surface area contributed by atoms with Crippen molar-refractivity contribution < 1.29 is 4.79 Å². The van der Waals surface area contributed by atoms with Crippen LogP contribution in [0.4, 0.5) is 0 Å². The molecular formula is C14H21N3O. The van der Waals surface area contributed by atoms with Gasteiger partial charge in [0.2, 0.25) is 5.91 Å². The fourth-order valence-corrected chi connectivity index (χ4v) is 2.53. The molecule has 2 atom stereocenters. The summed E-state index contributed by atoms with van der Waals surface area (Å²) in [5.41, 5.74) is 7.50. The summed E-state index contributed by atoms with van der Waals surface area (Å²) in [7, 11) is 1.67. The first-order valence-corrected chi connectivity index (χ1v) is 6.44. The van der Waals surface area contributed by atoms with E-state index >= 15 is 0 Å². The van der Waals surface area contributed by atoms with Crippen molar-refractivity contribution in [3.05, 3.63) is 35.9 Å². The third-order valence-corrected chi connectivity index (χ3v) is 3.60. The van der Waals surface area contributed by atoms with Crippen molar-refractivity contribution >= 4 is 5.91 Å². The number of likely N-dealkylation sites (tertiary alicyclic amines) is 1. The number of rotatable bonds is 4. The maximum atomic E-state index is 11.2. The van der Waals surface area contributed by atoms with Gasteiger partial charge in [0.15, 0.2) is 0 Å². The number of nitrogens with one attached hydrogen (secondary N) is 1. The molecule has 0 spiro atoms. The van der Waals surface area contributed by atoms with Crippen LogP contribution in [-0.4, -0.2) is 43.5 Å². The molecule has 2 unspecified atom stereocenters. The summed E-state index contributed by atoms with van der Waals surface area (Å²) in [6, 6.07) is 10.6. The Morgan fingerprint density at radius 2 is 2.11 bits per heavy atom. The Labute approximate surface area is 108 Å². The zero-order valence-electron chi connectivity index (χ0n) is 10.8. The standard InChI is InChI=1S/C14H21N3O/c1-16-14(18)7-8-17-9-12(13(15)10-17)11-5-3-2-4-6-11/h2-6,12-13H,7-10,15H2,1H3,(H,16,18). The summed E-state index contributed by atoms with van der Waals surface area (Å²) in [5.74, 6) is 0.475. The Morgan fingerprint density at radius 3 is 2.78 bits per heavy atom. The van der Waals surface area contributed by atoms with Crippen LogP contribution in [0.15, 0.2) is 30.3 Å². The number of hydrogen-bond donors (Lipinski definition) is 2. The summed E-state index contributed by atoms with van der Waals surface area (Å²) in [4.78, 5) is 13.5. The Hall–Kier alpha value is -1.39. The van der Waals surface area contributed by atoms with E-state index in [9.17, 15) is 4.79 Å². The third-order valence-electron chi connectivity index (χ3n) is 3.60. The van der Waals surface area contributed by atoms with Crippen LogP contribution in [0.1, 0.15) is 17.9 Å². The fourth-order valence-electron chi connectivity index (χ4n) is 2.53. The second-order valence-corrected chi connectivity index (χ2v) is 4.86. The lowest BCUT2D eigenvalue weighted by Gasteiger charge is -2.15. The summed E-state index contributed by atoms with van der Waals surface area (Å²) in [5, 5.41) is 2.65. The van der Waals surface area contributed by atoms with Gasteiger partial charge in [0.05, 0.1) is 0 Å². The molecular weight excluding hydrogens is 226 g/mol. The maximum Gasteiger partial charge on any atom is 0.221 e. The molecule has 0 aromatic heterocycles. The smallest absolute Gasteiger partial charge is 0.221 e. The molecule has 4 heteroatoms. The monoisotopic (exact) mass is 247 g/mol. The van der Waals surface area contributed by atoms with Crippen molar-refractivity contribution in [3.8, 4) is 0 Å². The number of carbonyl (C=O) groups is 1. The van der Waals surface area contributed by atoms with E-state index in [4.69, 9.17) is 5.73 Å². The molecule has 1 fully saturated rings. The molecule has 1 amide bonds. The highest BCUT2D eigenvalue weighted by Crippen LogP contribution is 2.26. The van der Waals surface area contributed by atoms with Crippen molar-refractivity contribution in [3.63, 3.8) is 0 Å². The summed E-state index contributed by atoms with van der Waals surface area (Å²) in [6.07, 6.45) is 0.546. The largest absolute Gasteiger partial charge is 0.359 e. The van der Waals surface area contributed by atoms with E-state index in [1.165, 1.54) is 5.56 Å². The second-order valence-electron chi connectivity index (χ2n) is 4.86. The van der Waals surface area contributed by atoms with Crippen molar-refractivity contribution in [2.75, 3.05) is 26.7 Å². The molecule has 2 rings (SSSR count). The van der Waals surface area contributed by atoms with Gasteiger partial charge in [-0.15, -0.1) is 0 Å². The maximum absolute atomic E-state index is 11.2. The molecule has 0 saturated carbocycles. The number of carbonyl (C=O) groups excluding carboxylic acids is 1. The van der Waals surface area contributed by atoms with Gasteiger partial charge in [0.25, 0.3) is 0 Å². The number of benzene rings is 1. The molecule has 0 radical (unpaired) electrons. The predicted octanol–water partition coefficient (Wildman–Crippen LogP) is 0.549. The Morgan fingerprint density at radius 1 is 1.39 bits per heavy atom. The zero-order chi connectivity index (χ0) is 13.0. The van der Waals surface area contributed by atoms with E-state index in [-0.39, 0.29) is 11.9 Å². The van der Waals surface area contributed by atoms with Crippen LogP contribution in [0.25, 0.3) is 0 Å². The number of nitrogens with two attached hydrogens (primary N) is 1. The average Bonchev–Trinajstić information content (AvgIpc) is 2.78. The second kappa shape index (κ2) is 5.98. The van der Waals surface area contributed by atoms with Gasteiger partial charge >= 0.3 is 0 Å². The number of nitrogens with zero attached hydrogens (tertiary/aromatic N) is 1. The Bertz CT molecular complexity index is 393. The van der Waals surface area contributed by atoms with Crippen molar-refractivity contribution in [2.24, 2.45) is 5.73 Å². The van der Waals surface area contributed by atoms with Gasteiger partial charge in [-0.25, -0.2) is 0 Å². The van der Waals surface area contributed by atoms with E-state index in [2.05, 4.69) is 34.5 Å². The molecule has 0 aliphatic carbocycles. The highest BCUT2D eigenvalue weighted by atomic mass is 16.1. The summed E-state index contributed by atoms with van der Waals surface area (Å²) >= 11 is 0. The first-order chi connectivity index (χ1) is 8.70. The molecule has 1 saturated heterocycles. The first-order valence-electron chi connectivity index (χ1n) is 6.44. The predicted molar refractivity (Wildman–Crippen MR) is 72.3 cm³/mol. The van der Waals surface area contributed by atoms with E-state index in [1.807, 2.05) is 6.07 Å². The minimum Gasteiger partial charge on any atom is -0.359 e. The van der Waals surface area contributed by atoms with Crippen LogP contribution in [-0.2, 0) is 4.79 Å². The van der Waals surface area contributed by atoms with Crippen LogP contribution in [0.2, 0.25) is 0 Å². The van der Waals surface area contributed by atoms with Crippen molar-refractivity contribution in [1.29, 1.82) is 0 Å². The quantitative estimate of drug-likeness (QED) is 0.817. The molecule has 18 heavy (non-hydrogen) atoms. The molecule has 1 aromatic rings. The van der Waals surface area contributed by atoms with E-state index in [0.717, 1.165) is 19.6 Å². The van der Waals surface area contributed by atoms with Gasteiger partial charge in [-0.05, 0) is 5.56 Å². The fraction of sp³-hybridized carbons (Fsp3) is 0.500. The van der Waals surface area contributed by atoms with Gasteiger partial charge in [-0.1, -0.05) is 30.3 Å². The molecule has 98 valence electrons. The van der Waals surface area contributed by atoms with Gasteiger partial charge in [-0.3, -0.25) is 4.79 Å². The van der Waals surface area contributed by atoms with Gasteiger partial charge < -0.3 is 16.0 Å². The Kier molecular flexibility index (Phi) is 4.33. The summed E-state index contributed by atoms with van der Waals surface area (Å²) in [6.45, 7) is 2.61. The normalized spacial score (nSPS) is 24.1.